The second-order valence-electron chi connectivity index (χ2n) is 6.58. The largest absolute Gasteiger partial charge is 0.493 e. The van der Waals surface area contributed by atoms with Crippen molar-refractivity contribution in [2.75, 3.05) is 26.1 Å². The summed E-state index contributed by atoms with van der Waals surface area (Å²) in [6.07, 6.45) is 2.46. The first-order valence-corrected chi connectivity index (χ1v) is 10.9. The summed E-state index contributed by atoms with van der Waals surface area (Å²) < 4.78 is 12.3. The minimum Gasteiger partial charge on any atom is -0.493 e. The molecule has 2 aromatic carbocycles. The molecular weight excluding hydrogens is 479 g/mol. The zero-order chi connectivity index (χ0) is 22.4. The molecule has 0 saturated heterocycles. The van der Waals surface area contributed by atoms with E-state index in [0.717, 1.165) is 17.5 Å². The number of ether oxygens (including phenoxy) is 2. The Morgan fingerprint density at radius 2 is 1.81 bits per heavy atom. The molecule has 0 bridgehead atoms. The zero-order valence-corrected chi connectivity index (χ0v) is 20.0. The van der Waals surface area contributed by atoms with Gasteiger partial charge in [-0.1, -0.05) is 46.9 Å². The van der Waals surface area contributed by atoms with E-state index in [1.54, 1.807) is 37.2 Å². The fourth-order valence-electron chi connectivity index (χ4n) is 2.90. The normalized spacial score (nSPS) is 10.6. The lowest BCUT2D eigenvalue weighted by atomic mass is 10.1. The molecule has 0 unspecified atom stereocenters. The summed E-state index contributed by atoms with van der Waals surface area (Å²) in [6, 6.07) is 11.1. The topological polar surface area (TPSA) is 60.3 Å². The molecule has 3 aromatic rings. The van der Waals surface area contributed by atoms with Gasteiger partial charge in [0.2, 0.25) is 0 Å². The summed E-state index contributed by atoms with van der Waals surface area (Å²) in [6.45, 7) is 1.08. The molecule has 0 amide bonds. The maximum atomic E-state index is 6.30. The third kappa shape index (κ3) is 6.40. The van der Waals surface area contributed by atoms with E-state index < -0.39 is 0 Å². The van der Waals surface area contributed by atoms with E-state index in [9.17, 15) is 0 Å². The molecular formula is C21H21Cl3N4O2S. The molecule has 6 nitrogen and oxygen atoms in total. The van der Waals surface area contributed by atoms with Crippen molar-refractivity contribution in [2.45, 2.75) is 13.0 Å². The van der Waals surface area contributed by atoms with Crippen LogP contribution < -0.4 is 20.1 Å². The van der Waals surface area contributed by atoms with Crippen LogP contribution in [0.2, 0.25) is 15.1 Å². The van der Waals surface area contributed by atoms with Gasteiger partial charge < -0.3 is 20.1 Å². The van der Waals surface area contributed by atoms with Gasteiger partial charge in [0, 0.05) is 22.8 Å². The Hall–Kier alpha value is -2.19. The number of hydrogen-bond donors (Lipinski definition) is 2. The maximum Gasteiger partial charge on any atom is 0.173 e. The molecule has 0 aliphatic heterocycles. The number of nitrogens with zero attached hydrogens (tertiary/aromatic N) is 2. The van der Waals surface area contributed by atoms with Crippen molar-refractivity contribution in [3.63, 3.8) is 0 Å². The number of benzene rings is 2. The van der Waals surface area contributed by atoms with Gasteiger partial charge in [-0.3, -0.25) is 4.68 Å². The maximum absolute atomic E-state index is 6.30. The molecule has 31 heavy (non-hydrogen) atoms. The third-order valence-electron chi connectivity index (χ3n) is 4.44. The van der Waals surface area contributed by atoms with Gasteiger partial charge >= 0.3 is 0 Å². The molecule has 0 saturated carbocycles. The quantitative estimate of drug-likeness (QED) is 0.403. The summed E-state index contributed by atoms with van der Waals surface area (Å²) in [7, 11) is 3.22. The first-order valence-electron chi connectivity index (χ1n) is 9.32. The molecule has 0 fully saturated rings. The van der Waals surface area contributed by atoms with Gasteiger partial charge in [-0.25, -0.2) is 0 Å². The fraction of sp³-hybridized carbons (Fsp3) is 0.238. The predicted molar refractivity (Wildman–Crippen MR) is 130 cm³/mol. The Labute approximate surface area is 201 Å². The molecule has 2 N–H and O–H groups in total. The summed E-state index contributed by atoms with van der Waals surface area (Å²) in [5.41, 5.74) is 1.97. The van der Waals surface area contributed by atoms with Gasteiger partial charge in [0.05, 0.1) is 20.8 Å². The summed E-state index contributed by atoms with van der Waals surface area (Å²) in [4.78, 5) is 0. The molecule has 0 atom stereocenters. The van der Waals surface area contributed by atoms with Crippen LogP contribution in [0.3, 0.4) is 0 Å². The van der Waals surface area contributed by atoms with Crippen LogP contribution in [0, 0.1) is 0 Å². The summed E-state index contributed by atoms with van der Waals surface area (Å²) in [5.74, 6) is 1.86. The van der Waals surface area contributed by atoms with Gasteiger partial charge in [-0.2, -0.15) is 5.10 Å². The lowest BCUT2D eigenvalue weighted by Gasteiger charge is -2.11. The van der Waals surface area contributed by atoms with E-state index >= 15 is 0 Å². The highest BCUT2D eigenvalue weighted by Crippen LogP contribution is 2.27. The average molecular weight is 500 g/mol. The number of anilines is 1. The van der Waals surface area contributed by atoms with Crippen LogP contribution in [0.4, 0.5) is 5.82 Å². The van der Waals surface area contributed by atoms with Crippen molar-refractivity contribution in [1.82, 2.24) is 15.1 Å². The number of methoxy groups -OCH3 is 2. The molecule has 164 valence electrons. The number of thiocarbonyl (C=S) groups is 1. The fourth-order valence-corrected chi connectivity index (χ4v) is 3.76. The van der Waals surface area contributed by atoms with Crippen molar-refractivity contribution in [3.05, 3.63) is 68.8 Å². The highest BCUT2D eigenvalue weighted by molar-refractivity contribution is 7.80. The molecule has 0 aliphatic rings. The lowest BCUT2D eigenvalue weighted by Crippen LogP contribution is -2.30. The Balaban J connectivity index is 1.54. The second kappa shape index (κ2) is 10.9. The highest BCUT2D eigenvalue weighted by atomic mass is 35.5. The number of halogens is 3. The van der Waals surface area contributed by atoms with Crippen molar-refractivity contribution in [3.8, 4) is 11.5 Å². The van der Waals surface area contributed by atoms with Crippen LogP contribution in [0.5, 0.6) is 11.5 Å². The van der Waals surface area contributed by atoms with Gasteiger partial charge in [0.1, 0.15) is 5.02 Å². The Bertz CT molecular complexity index is 1070. The zero-order valence-electron chi connectivity index (χ0n) is 16.9. The minimum atomic E-state index is 0.428. The monoisotopic (exact) mass is 498 g/mol. The van der Waals surface area contributed by atoms with Gasteiger partial charge in [-0.15, -0.1) is 0 Å². The van der Waals surface area contributed by atoms with Crippen molar-refractivity contribution in [1.29, 1.82) is 0 Å². The Morgan fingerprint density at radius 3 is 2.52 bits per heavy atom. The molecule has 0 radical (unpaired) electrons. The summed E-state index contributed by atoms with van der Waals surface area (Å²) in [5, 5.41) is 12.7. The molecule has 3 rings (SSSR count). The van der Waals surface area contributed by atoms with E-state index in [1.165, 1.54) is 0 Å². The van der Waals surface area contributed by atoms with E-state index in [-0.39, 0.29) is 0 Å². The van der Waals surface area contributed by atoms with Crippen LogP contribution in [-0.4, -0.2) is 35.7 Å². The molecule has 0 spiro atoms. The number of nitrogens with one attached hydrogen (secondary N) is 2. The second-order valence-corrected chi connectivity index (χ2v) is 8.24. The first kappa shape index (κ1) is 23.5. The third-order valence-corrected chi connectivity index (χ3v) is 5.55. The van der Waals surface area contributed by atoms with Crippen LogP contribution in [0.15, 0.2) is 42.6 Å². The van der Waals surface area contributed by atoms with Crippen molar-refractivity contribution < 1.29 is 9.47 Å². The first-order chi connectivity index (χ1) is 14.9. The average Bonchev–Trinajstić information content (AvgIpc) is 3.08. The van der Waals surface area contributed by atoms with Gasteiger partial charge in [0.25, 0.3) is 0 Å². The lowest BCUT2D eigenvalue weighted by molar-refractivity contribution is 0.354. The van der Waals surface area contributed by atoms with Crippen molar-refractivity contribution in [2.24, 2.45) is 0 Å². The molecule has 10 heteroatoms. The van der Waals surface area contributed by atoms with E-state index in [1.807, 2.05) is 24.3 Å². The minimum absolute atomic E-state index is 0.428. The summed E-state index contributed by atoms with van der Waals surface area (Å²) >= 11 is 23.8. The highest BCUT2D eigenvalue weighted by Gasteiger charge is 2.11. The standard InChI is InChI=1S/C21H21Cl3N4O2S/c1-29-18-6-3-13(9-19(18)30-2)7-8-25-21(31)26-20-17(24)12-28(27-20)11-14-4-5-15(22)10-16(14)23/h3-6,9-10,12H,7-8,11H2,1-2H3,(H2,25,26,27,31). The molecule has 1 aromatic heterocycles. The number of hydrogen-bond acceptors (Lipinski definition) is 4. The van der Waals surface area contributed by atoms with E-state index in [0.29, 0.717) is 50.6 Å². The molecule has 1 heterocycles. The number of aromatic nitrogens is 2. The Kier molecular flexibility index (Phi) is 8.26. The van der Waals surface area contributed by atoms with E-state index in [2.05, 4.69) is 15.7 Å². The van der Waals surface area contributed by atoms with Crippen molar-refractivity contribution >= 4 is 58.0 Å². The van der Waals surface area contributed by atoms with Crippen LogP contribution in [0.25, 0.3) is 0 Å². The van der Waals surface area contributed by atoms with Gasteiger partial charge in [0.15, 0.2) is 22.4 Å². The molecule has 0 aliphatic carbocycles. The van der Waals surface area contributed by atoms with E-state index in [4.69, 9.17) is 56.5 Å². The smallest absolute Gasteiger partial charge is 0.173 e. The SMILES string of the molecule is COc1ccc(CCNC(=S)Nc2nn(Cc3ccc(Cl)cc3Cl)cc2Cl)cc1OC. The number of rotatable bonds is 8. The predicted octanol–water partition coefficient (Wildman–Crippen LogP) is 5.44. The van der Waals surface area contributed by atoms with Gasteiger partial charge in [-0.05, 0) is 54.0 Å². The van der Waals surface area contributed by atoms with Crippen LogP contribution in [-0.2, 0) is 13.0 Å². The Morgan fingerprint density at radius 1 is 1.03 bits per heavy atom. The van der Waals surface area contributed by atoms with Crippen LogP contribution in [0.1, 0.15) is 11.1 Å². The van der Waals surface area contributed by atoms with Crippen LogP contribution >= 0.6 is 47.0 Å².